The molecule has 4 heteroatoms. The maximum Gasteiger partial charge on any atom is 0.0686 e. The van der Waals surface area contributed by atoms with Crippen LogP contribution in [0.15, 0.2) is 11.4 Å². The Bertz CT molecular complexity index is 428. The van der Waals surface area contributed by atoms with Gasteiger partial charge in [-0.3, -0.25) is 0 Å². The third kappa shape index (κ3) is 2.71. The molecule has 1 aromatic rings. The van der Waals surface area contributed by atoms with Crippen LogP contribution in [0.1, 0.15) is 49.4 Å². The molecule has 2 nitrogen and oxygen atoms in total. The van der Waals surface area contributed by atoms with E-state index in [0.717, 1.165) is 18.1 Å². The quantitative estimate of drug-likeness (QED) is 0.893. The number of hydrogen-bond donors (Lipinski definition) is 1. The highest BCUT2D eigenvalue weighted by atomic mass is 35.5. The fraction of sp³-hybridized carbons (Fsp3) is 0.733. The van der Waals surface area contributed by atoms with Crippen molar-refractivity contribution in [2.75, 3.05) is 13.7 Å². The first-order chi connectivity index (χ1) is 9.24. The molecule has 1 saturated carbocycles. The van der Waals surface area contributed by atoms with E-state index in [4.69, 9.17) is 16.3 Å². The van der Waals surface area contributed by atoms with E-state index in [1.807, 2.05) is 6.07 Å². The van der Waals surface area contributed by atoms with Crippen LogP contribution >= 0.6 is 22.9 Å². The van der Waals surface area contributed by atoms with Crippen molar-refractivity contribution in [2.24, 2.45) is 5.92 Å². The molecule has 0 aromatic carbocycles. The minimum Gasteiger partial charge on any atom is -0.375 e. The van der Waals surface area contributed by atoms with Gasteiger partial charge in [0.15, 0.2) is 0 Å². The van der Waals surface area contributed by atoms with Crippen LogP contribution in [-0.2, 0) is 4.74 Å². The Kier molecular flexibility index (Phi) is 4.18. The number of thiophene rings is 1. The largest absolute Gasteiger partial charge is 0.375 e. The Hall–Kier alpha value is -0.0900. The van der Waals surface area contributed by atoms with Gasteiger partial charge in [-0.05, 0) is 50.1 Å². The number of ether oxygens (including phenoxy) is 1. The predicted molar refractivity (Wildman–Crippen MR) is 81.0 cm³/mol. The lowest BCUT2D eigenvalue weighted by Gasteiger charge is -2.41. The van der Waals surface area contributed by atoms with E-state index in [1.54, 1.807) is 11.3 Å². The van der Waals surface area contributed by atoms with Gasteiger partial charge in [0.25, 0.3) is 0 Å². The Morgan fingerprint density at radius 1 is 1.47 bits per heavy atom. The Morgan fingerprint density at radius 2 is 2.26 bits per heavy atom. The maximum absolute atomic E-state index is 6.32. The smallest absolute Gasteiger partial charge is 0.0686 e. The molecule has 1 N–H and O–H groups in total. The van der Waals surface area contributed by atoms with Gasteiger partial charge >= 0.3 is 0 Å². The zero-order valence-electron chi connectivity index (χ0n) is 11.5. The standard InChI is InChI=1S/C15H22ClNOS/c1-17-13(14-12(16)5-9-19-14)11-4-8-18-15(10-11)6-2-3-7-15/h5,9,11,13,17H,2-4,6-8,10H2,1H3. The SMILES string of the molecule is CNC(c1sccc1Cl)C1CCOC2(CCCC2)C1. The van der Waals surface area contributed by atoms with Gasteiger partial charge in [-0.1, -0.05) is 24.4 Å². The van der Waals surface area contributed by atoms with Gasteiger partial charge < -0.3 is 10.1 Å². The number of nitrogens with one attached hydrogen (secondary N) is 1. The topological polar surface area (TPSA) is 21.3 Å². The summed E-state index contributed by atoms with van der Waals surface area (Å²) in [6.07, 6.45) is 7.48. The van der Waals surface area contributed by atoms with Crippen molar-refractivity contribution in [1.82, 2.24) is 5.32 Å². The molecule has 1 aromatic heterocycles. The molecule has 2 aliphatic rings. The zero-order valence-corrected chi connectivity index (χ0v) is 13.0. The monoisotopic (exact) mass is 299 g/mol. The average molecular weight is 300 g/mol. The van der Waals surface area contributed by atoms with Gasteiger partial charge in [0.2, 0.25) is 0 Å². The Labute approximate surface area is 124 Å². The highest BCUT2D eigenvalue weighted by Crippen LogP contribution is 2.46. The van der Waals surface area contributed by atoms with Crippen molar-refractivity contribution in [3.8, 4) is 0 Å². The molecular formula is C15H22ClNOS. The van der Waals surface area contributed by atoms with Gasteiger partial charge in [-0.2, -0.15) is 0 Å². The van der Waals surface area contributed by atoms with Crippen molar-refractivity contribution in [3.05, 3.63) is 21.3 Å². The second-order valence-corrected chi connectivity index (χ2v) is 7.25. The normalized spacial score (nSPS) is 27.8. The first-order valence-electron chi connectivity index (χ1n) is 7.28. The van der Waals surface area contributed by atoms with Crippen LogP contribution in [0.2, 0.25) is 5.02 Å². The summed E-state index contributed by atoms with van der Waals surface area (Å²) < 4.78 is 6.14. The molecule has 2 atom stereocenters. The molecule has 19 heavy (non-hydrogen) atoms. The lowest BCUT2D eigenvalue weighted by molar-refractivity contribution is -0.0977. The second kappa shape index (κ2) is 5.72. The van der Waals surface area contributed by atoms with Crippen LogP contribution in [0.25, 0.3) is 0 Å². The Balaban J connectivity index is 1.78. The van der Waals surface area contributed by atoms with E-state index in [9.17, 15) is 0 Å². The van der Waals surface area contributed by atoms with Crippen molar-refractivity contribution in [1.29, 1.82) is 0 Å². The summed E-state index contributed by atoms with van der Waals surface area (Å²) in [5.41, 5.74) is 0.182. The van der Waals surface area contributed by atoms with Crippen LogP contribution in [0, 0.1) is 5.92 Å². The molecule has 1 spiro atoms. The molecule has 2 heterocycles. The molecule has 1 aliphatic heterocycles. The van der Waals surface area contributed by atoms with Crippen LogP contribution < -0.4 is 5.32 Å². The van der Waals surface area contributed by atoms with Gasteiger partial charge in [0.1, 0.15) is 0 Å². The second-order valence-electron chi connectivity index (χ2n) is 5.89. The summed E-state index contributed by atoms with van der Waals surface area (Å²) in [4.78, 5) is 1.30. The molecular weight excluding hydrogens is 278 g/mol. The first-order valence-corrected chi connectivity index (χ1v) is 8.54. The summed E-state index contributed by atoms with van der Waals surface area (Å²) >= 11 is 8.09. The van der Waals surface area contributed by atoms with Crippen molar-refractivity contribution in [2.45, 2.75) is 50.2 Å². The van der Waals surface area contributed by atoms with E-state index in [1.165, 1.54) is 37.0 Å². The molecule has 2 unspecified atom stereocenters. The van der Waals surface area contributed by atoms with Crippen LogP contribution in [0.3, 0.4) is 0 Å². The molecule has 0 amide bonds. The summed E-state index contributed by atoms with van der Waals surface area (Å²) in [6.45, 7) is 0.909. The van der Waals surface area contributed by atoms with E-state index < -0.39 is 0 Å². The third-order valence-corrected chi connectivity index (χ3v) is 6.20. The van der Waals surface area contributed by atoms with Gasteiger partial charge in [-0.15, -0.1) is 11.3 Å². The first kappa shape index (κ1) is 13.9. The van der Waals surface area contributed by atoms with Crippen molar-refractivity contribution in [3.63, 3.8) is 0 Å². The maximum atomic E-state index is 6.32. The van der Waals surface area contributed by atoms with Gasteiger partial charge in [0, 0.05) is 17.5 Å². The molecule has 1 saturated heterocycles. The fourth-order valence-electron chi connectivity index (χ4n) is 3.83. The summed E-state index contributed by atoms with van der Waals surface area (Å²) in [6, 6.07) is 2.39. The van der Waals surface area contributed by atoms with Crippen molar-refractivity contribution >= 4 is 22.9 Å². The van der Waals surface area contributed by atoms with Crippen molar-refractivity contribution < 1.29 is 4.74 Å². The molecule has 0 bridgehead atoms. The summed E-state index contributed by atoms with van der Waals surface area (Å²) in [5.74, 6) is 0.646. The number of hydrogen-bond acceptors (Lipinski definition) is 3. The number of halogens is 1. The molecule has 2 fully saturated rings. The predicted octanol–water partition coefficient (Wildman–Crippen LogP) is 4.40. The minimum atomic E-state index is 0.182. The van der Waals surface area contributed by atoms with Crippen LogP contribution in [-0.4, -0.2) is 19.3 Å². The van der Waals surface area contributed by atoms with E-state index in [-0.39, 0.29) is 5.60 Å². The van der Waals surface area contributed by atoms with Gasteiger partial charge in [-0.25, -0.2) is 0 Å². The van der Waals surface area contributed by atoms with Crippen LogP contribution in [0.4, 0.5) is 0 Å². The van der Waals surface area contributed by atoms with E-state index in [0.29, 0.717) is 12.0 Å². The molecule has 106 valence electrons. The van der Waals surface area contributed by atoms with E-state index >= 15 is 0 Å². The third-order valence-electron chi connectivity index (χ3n) is 4.76. The minimum absolute atomic E-state index is 0.182. The Morgan fingerprint density at radius 3 is 2.89 bits per heavy atom. The van der Waals surface area contributed by atoms with Crippen LogP contribution in [0.5, 0.6) is 0 Å². The average Bonchev–Trinajstić information content (AvgIpc) is 3.02. The number of rotatable bonds is 3. The molecule has 1 aliphatic carbocycles. The summed E-state index contributed by atoms with van der Waals surface area (Å²) in [5, 5.41) is 6.49. The lowest BCUT2D eigenvalue weighted by atomic mass is 9.80. The highest BCUT2D eigenvalue weighted by molar-refractivity contribution is 7.10. The van der Waals surface area contributed by atoms with E-state index in [2.05, 4.69) is 17.7 Å². The zero-order chi connectivity index (χ0) is 13.3. The fourth-order valence-corrected chi connectivity index (χ4v) is 5.20. The molecule has 0 radical (unpaired) electrons. The highest BCUT2D eigenvalue weighted by Gasteiger charge is 2.42. The van der Waals surface area contributed by atoms with Gasteiger partial charge in [0.05, 0.1) is 10.6 Å². The molecule has 3 rings (SSSR count). The summed E-state index contributed by atoms with van der Waals surface area (Å²) in [7, 11) is 2.05. The lowest BCUT2D eigenvalue weighted by Crippen LogP contribution is -2.41.